The Bertz CT molecular complexity index is 656. The first kappa shape index (κ1) is 13.4. The average Bonchev–Trinajstić information content (AvgIpc) is 2.24. The number of hydrogen-bond acceptors (Lipinski definition) is 2. The third kappa shape index (κ3) is 2.39. The van der Waals surface area contributed by atoms with Gasteiger partial charge in [0.1, 0.15) is 0 Å². The molecule has 94 valence electrons. The highest BCUT2D eigenvalue weighted by Gasteiger charge is 2.15. The standard InChI is InChI=1S/C12H9Cl3N2O/c1-5-2-6(3-9(16)18)10-11(15)7(13)4-8(14)12(10)17-5/h2,4H,3H2,1H3,(H2,16,18). The second-order valence-electron chi connectivity index (χ2n) is 3.94. The van der Waals surface area contributed by atoms with E-state index in [0.717, 1.165) is 5.69 Å². The number of rotatable bonds is 2. The molecule has 0 spiro atoms. The molecule has 0 radical (unpaired) electrons. The zero-order valence-electron chi connectivity index (χ0n) is 9.43. The number of amides is 1. The number of nitrogens with two attached hydrogens (primary N) is 1. The summed E-state index contributed by atoms with van der Waals surface area (Å²) in [7, 11) is 0. The molecule has 0 aliphatic heterocycles. The van der Waals surface area contributed by atoms with Gasteiger partial charge in [-0.25, -0.2) is 0 Å². The molecule has 2 N–H and O–H groups in total. The predicted octanol–water partition coefficient (Wildman–Crippen LogP) is 3.53. The Balaban J connectivity index is 2.88. The van der Waals surface area contributed by atoms with Gasteiger partial charge in [0.2, 0.25) is 5.91 Å². The Kier molecular flexibility index (Phi) is 3.66. The van der Waals surface area contributed by atoms with E-state index in [2.05, 4.69) is 4.98 Å². The van der Waals surface area contributed by atoms with E-state index in [1.54, 1.807) is 6.07 Å². The van der Waals surface area contributed by atoms with Crippen LogP contribution in [0.1, 0.15) is 11.3 Å². The number of aryl methyl sites for hydroxylation is 1. The first-order valence-electron chi connectivity index (χ1n) is 5.12. The summed E-state index contributed by atoms with van der Waals surface area (Å²) in [6, 6.07) is 3.29. The number of benzene rings is 1. The summed E-state index contributed by atoms with van der Waals surface area (Å²) in [6.45, 7) is 1.81. The molecular formula is C12H9Cl3N2O. The number of primary amides is 1. The molecule has 1 heterocycles. The molecular weight excluding hydrogens is 295 g/mol. The molecule has 0 bridgehead atoms. The van der Waals surface area contributed by atoms with Gasteiger partial charge in [0.05, 0.1) is 27.0 Å². The number of pyridine rings is 1. The topological polar surface area (TPSA) is 56.0 Å². The van der Waals surface area contributed by atoms with Gasteiger partial charge in [-0.3, -0.25) is 9.78 Å². The Morgan fingerprint density at radius 1 is 1.28 bits per heavy atom. The van der Waals surface area contributed by atoms with Crippen LogP contribution in [0.25, 0.3) is 10.9 Å². The zero-order chi connectivity index (χ0) is 13.4. The molecule has 0 fully saturated rings. The van der Waals surface area contributed by atoms with Crippen molar-refractivity contribution in [2.24, 2.45) is 5.73 Å². The highest BCUT2D eigenvalue weighted by atomic mass is 35.5. The number of halogens is 3. The van der Waals surface area contributed by atoms with Crippen LogP contribution in [0.2, 0.25) is 15.1 Å². The molecule has 2 aromatic rings. The van der Waals surface area contributed by atoms with Gasteiger partial charge in [0.25, 0.3) is 0 Å². The average molecular weight is 304 g/mol. The summed E-state index contributed by atoms with van der Waals surface area (Å²) in [4.78, 5) is 15.4. The van der Waals surface area contributed by atoms with E-state index in [1.807, 2.05) is 6.92 Å². The van der Waals surface area contributed by atoms with Crippen molar-refractivity contribution in [3.63, 3.8) is 0 Å². The largest absolute Gasteiger partial charge is 0.369 e. The van der Waals surface area contributed by atoms with Gasteiger partial charge in [-0.2, -0.15) is 0 Å². The Morgan fingerprint density at radius 3 is 2.56 bits per heavy atom. The van der Waals surface area contributed by atoms with Gasteiger partial charge in [-0.05, 0) is 24.6 Å². The maximum absolute atomic E-state index is 11.1. The summed E-state index contributed by atoms with van der Waals surface area (Å²) in [5.41, 5.74) is 7.17. The van der Waals surface area contributed by atoms with E-state index < -0.39 is 5.91 Å². The summed E-state index contributed by atoms with van der Waals surface area (Å²) < 4.78 is 0. The zero-order valence-corrected chi connectivity index (χ0v) is 11.7. The van der Waals surface area contributed by atoms with Crippen LogP contribution in [0.3, 0.4) is 0 Å². The van der Waals surface area contributed by atoms with E-state index in [0.29, 0.717) is 31.5 Å². The van der Waals surface area contributed by atoms with Crippen LogP contribution in [0.15, 0.2) is 12.1 Å². The van der Waals surface area contributed by atoms with Gasteiger partial charge in [0.15, 0.2) is 0 Å². The SMILES string of the molecule is Cc1cc(CC(N)=O)c2c(Cl)c(Cl)cc(Cl)c2n1. The second-order valence-corrected chi connectivity index (χ2v) is 5.14. The van der Waals surface area contributed by atoms with Crippen molar-refractivity contribution in [3.8, 4) is 0 Å². The maximum Gasteiger partial charge on any atom is 0.221 e. The van der Waals surface area contributed by atoms with Crippen molar-refractivity contribution in [2.75, 3.05) is 0 Å². The first-order valence-corrected chi connectivity index (χ1v) is 6.25. The number of carbonyl (C=O) groups excluding carboxylic acids is 1. The molecule has 0 atom stereocenters. The van der Waals surface area contributed by atoms with Crippen LogP contribution < -0.4 is 5.73 Å². The molecule has 0 aliphatic carbocycles. The van der Waals surface area contributed by atoms with E-state index >= 15 is 0 Å². The number of carbonyl (C=O) groups is 1. The third-order valence-electron chi connectivity index (χ3n) is 2.50. The minimum Gasteiger partial charge on any atom is -0.369 e. The van der Waals surface area contributed by atoms with Gasteiger partial charge in [-0.15, -0.1) is 0 Å². The number of aromatic nitrogens is 1. The van der Waals surface area contributed by atoms with Crippen LogP contribution in [0.4, 0.5) is 0 Å². The smallest absolute Gasteiger partial charge is 0.221 e. The fourth-order valence-corrected chi connectivity index (χ4v) is 2.62. The lowest BCUT2D eigenvalue weighted by atomic mass is 10.0. The Labute approximate surface area is 119 Å². The minimum absolute atomic E-state index is 0.0657. The van der Waals surface area contributed by atoms with Crippen molar-refractivity contribution in [1.29, 1.82) is 0 Å². The van der Waals surface area contributed by atoms with Gasteiger partial charge < -0.3 is 5.73 Å². The van der Waals surface area contributed by atoms with E-state index in [4.69, 9.17) is 40.5 Å². The summed E-state index contributed by atoms with van der Waals surface area (Å²) in [6.07, 6.45) is 0.0657. The lowest BCUT2D eigenvalue weighted by Gasteiger charge is -2.10. The molecule has 0 unspecified atom stereocenters. The van der Waals surface area contributed by atoms with Crippen molar-refractivity contribution in [1.82, 2.24) is 4.98 Å². The predicted molar refractivity (Wildman–Crippen MR) is 74.4 cm³/mol. The van der Waals surface area contributed by atoms with Crippen molar-refractivity contribution in [2.45, 2.75) is 13.3 Å². The molecule has 3 nitrogen and oxygen atoms in total. The molecule has 1 amide bonds. The van der Waals surface area contributed by atoms with Gasteiger partial charge in [-0.1, -0.05) is 34.8 Å². The van der Waals surface area contributed by atoms with Crippen LogP contribution in [0, 0.1) is 6.92 Å². The van der Waals surface area contributed by atoms with Crippen LogP contribution in [-0.2, 0) is 11.2 Å². The molecule has 6 heteroatoms. The highest BCUT2D eigenvalue weighted by molar-refractivity contribution is 6.47. The minimum atomic E-state index is -0.450. The third-order valence-corrected chi connectivity index (χ3v) is 3.58. The lowest BCUT2D eigenvalue weighted by molar-refractivity contribution is -0.117. The molecule has 0 saturated carbocycles. The number of nitrogens with zero attached hydrogens (tertiary/aromatic N) is 1. The van der Waals surface area contributed by atoms with Gasteiger partial charge >= 0.3 is 0 Å². The quantitative estimate of drug-likeness (QED) is 0.863. The van der Waals surface area contributed by atoms with Crippen LogP contribution in [-0.4, -0.2) is 10.9 Å². The van der Waals surface area contributed by atoms with E-state index in [9.17, 15) is 4.79 Å². The Hall–Kier alpha value is -1.03. The normalized spacial score (nSPS) is 10.9. The molecule has 18 heavy (non-hydrogen) atoms. The fraction of sp³-hybridized carbons (Fsp3) is 0.167. The first-order chi connectivity index (χ1) is 8.40. The molecule has 0 saturated heterocycles. The van der Waals surface area contributed by atoms with Crippen LogP contribution in [0.5, 0.6) is 0 Å². The number of hydrogen-bond donors (Lipinski definition) is 1. The number of fused-ring (bicyclic) bond motifs is 1. The fourth-order valence-electron chi connectivity index (χ4n) is 1.85. The van der Waals surface area contributed by atoms with Crippen molar-refractivity contribution >= 4 is 51.6 Å². The Morgan fingerprint density at radius 2 is 1.94 bits per heavy atom. The van der Waals surface area contributed by atoms with Gasteiger partial charge in [0, 0.05) is 11.1 Å². The van der Waals surface area contributed by atoms with Crippen molar-refractivity contribution in [3.05, 3.63) is 38.5 Å². The monoisotopic (exact) mass is 302 g/mol. The second kappa shape index (κ2) is 4.92. The van der Waals surface area contributed by atoms with E-state index in [-0.39, 0.29) is 6.42 Å². The summed E-state index contributed by atoms with van der Waals surface area (Å²) in [5, 5.41) is 1.64. The molecule has 0 aliphatic rings. The van der Waals surface area contributed by atoms with Crippen LogP contribution >= 0.6 is 34.8 Å². The highest BCUT2D eigenvalue weighted by Crippen LogP contribution is 2.37. The molecule has 2 rings (SSSR count). The maximum atomic E-state index is 11.1. The molecule has 1 aromatic heterocycles. The molecule has 1 aromatic carbocycles. The van der Waals surface area contributed by atoms with E-state index in [1.165, 1.54) is 6.07 Å². The summed E-state index contributed by atoms with van der Waals surface area (Å²) in [5.74, 6) is -0.450. The van der Waals surface area contributed by atoms with Crippen molar-refractivity contribution < 1.29 is 4.79 Å². The lowest BCUT2D eigenvalue weighted by Crippen LogP contribution is -2.14. The summed E-state index contributed by atoms with van der Waals surface area (Å²) >= 11 is 18.2.